The first-order chi connectivity index (χ1) is 31.7. The van der Waals surface area contributed by atoms with Crippen LogP contribution >= 0.6 is 11.6 Å². The number of unbranched alkanes of at least 4 members (excludes halogenated alkanes) is 2. The monoisotopic (exact) mass is 938 g/mol. The largest absolute Gasteiger partial charge is 0.494 e. The SMILES string of the molecule is Cc1ncoc1-c1ccc(CNC(=O)[C@@H]2C[C@@H](O)CN2C(=O)[C@@H](NC(=O)COCCCCCOc2ccc(C(=O)N[C@H]3C(C)(C)[C@H](Oc4ccc(C#N)c(Cl)c4)C3(C)C)cc2)C(C)(C)C)cc1. The fourth-order valence-corrected chi connectivity index (χ4v) is 9.55. The fraction of sp³-hybridized carbons (Fsp3) is 0.490. The Hall–Kier alpha value is -5.95. The third-order valence-corrected chi connectivity index (χ3v) is 13.0. The van der Waals surface area contributed by atoms with Gasteiger partial charge in [-0.3, -0.25) is 19.2 Å². The van der Waals surface area contributed by atoms with Gasteiger partial charge in [-0.2, -0.15) is 5.26 Å². The number of halogens is 1. The molecule has 1 aliphatic heterocycles. The Labute approximate surface area is 397 Å². The molecule has 358 valence electrons. The van der Waals surface area contributed by atoms with Gasteiger partial charge in [0.1, 0.15) is 42.4 Å². The maximum absolute atomic E-state index is 14.0. The van der Waals surface area contributed by atoms with Crippen molar-refractivity contribution >= 4 is 35.2 Å². The lowest BCUT2D eigenvalue weighted by Gasteiger charge is -2.63. The second-order valence-corrected chi connectivity index (χ2v) is 20.1. The number of hydrogen-bond acceptors (Lipinski definition) is 11. The smallest absolute Gasteiger partial charge is 0.251 e. The molecule has 16 heteroatoms. The van der Waals surface area contributed by atoms with Crippen LogP contribution in [0.15, 0.2) is 77.5 Å². The molecule has 6 rings (SSSR count). The molecule has 15 nitrogen and oxygen atoms in total. The summed E-state index contributed by atoms with van der Waals surface area (Å²) in [4.78, 5) is 59.3. The number of carbonyl (C=O) groups is 4. The van der Waals surface area contributed by atoms with E-state index < -0.39 is 46.2 Å². The first kappa shape index (κ1) is 50.5. The summed E-state index contributed by atoms with van der Waals surface area (Å²) in [5.74, 6) is 0.403. The van der Waals surface area contributed by atoms with Crippen molar-refractivity contribution in [1.29, 1.82) is 5.26 Å². The summed E-state index contributed by atoms with van der Waals surface area (Å²) in [6, 6.07) is 19.6. The Balaban J connectivity index is 0.878. The summed E-state index contributed by atoms with van der Waals surface area (Å²) in [7, 11) is 0. The van der Waals surface area contributed by atoms with E-state index in [1.807, 2.05) is 52.0 Å². The highest BCUT2D eigenvalue weighted by Crippen LogP contribution is 2.55. The summed E-state index contributed by atoms with van der Waals surface area (Å²) in [5, 5.41) is 29.0. The van der Waals surface area contributed by atoms with Crippen molar-refractivity contribution in [2.24, 2.45) is 16.2 Å². The van der Waals surface area contributed by atoms with E-state index in [1.165, 1.54) is 11.3 Å². The zero-order valence-electron chi connectivity index (χ0n) is 39.6. The number of aliphatic hydroxyl groups excluding tert-OH is 1. The van der Waals surface area contributed by atoms with Crippen molar-refractivity contribution in [2.75, 3.05) is 26.4 Å². The standard InChI is InChI=1S/C51H63ClN6O9/c1-31-42(66-30-55-31)33-14-12-32(13-15-33)27-54-45(62)40-24-36(59)28-58(40)46(63)43(49(2,3)4)56-41(60)29-64-22-10-9-11-23-65-37-19-16-34(17-20-37)44(61)57-47-50(5,6)48(51(47,7)8)67-38-21-18-35(26-53)39(52)25-38/h12-21,25,30,36,40,43,47-48,59H,9-11,22-24,27-29H2,1-8H3,(H,54,62)(H,56,60)(H,57,61)/t36-,40+,43-,47-,48-/m1/s1. The van der Waals surface area contributed by atoms with Gasteiger partial charge in [0.05, 0.1) is 29.0 Å². The van der Waals surface area contributed by atoms with E-state index in [1.54, 1.807) is 42.5 Å². The van der Waals surface area contributed by atoms with E-state index in [-0.39, 0.29) is 50.1 Å². The van der Waals surface area contributed by atoms with Crippen LogP contribution in [-0.2, 0) is 25.7 Å². The van der Waals surface area contributed by atoms with E-state index in [4.69, 9.17) is 30.2 Å². The molecule has 1 aliphatic carbocycles. The minimum atomic E-state index is -0.963. The van der Waals surface area contributed by atoms with E-state index >= 15 is 0 Å². The summed E-state index contributed by atoms with van der Waals surface area (Å²) in [6.07, 6.45) is 2.60. The Kier molecular flexibility index (Phi) is 16.1. The van der Waals surface area contributed by atoms with Crippen molar-refractivity contribution in [3.05, 3.63) is 101 Å². The quantitative estimate of drug-likeness (QED) is 0.0695. The number of aliphatic hydroxyl groups is 1. The number of hydrogen-bond donors (Lipinski definition) is 4. The summed E-state index contributed by atoms with van der Waals surface area (Å²) in [6.45, 7) is 16.3. The van der Waals surface area contributed by atoms with E-state index in [9.17, 15) is 29.5 Å². The van der Waals surface area contributed by atoms with Crippen LogP contribution in [0.5, 0.6) is 11.5 Å². The fourth-order valence-electron chi connectivity index (χ4n) is 9.33. The van der Waals surface area contributed by atoms with Crippen LogP contribution in [0.25, 0.3) is 11.3 Å². The average molecular weight is 940 g/mol. The molecule has 0 bridgehead atoms. The lowest BCUT2D eigenvalue weighted by Crippen LogP contribution is -2.74. The molecule has 4 aromatic rings. The van der Waals surface area contributed by atoms with Gasteiger partial charge in [0, 0.05) is 60.2 Å². The van der Waals surface area contributed by atoms with Gasteiger partial charge in [-0.15, -0.1) is 0 Å². The number of aryl methyl sites for hydroxylation is 1. The topological polar surface area (TPSA) is 205 Å². The lowest BCUT2D eigenvalue weighted by molar-refractivity contribution is -0.164. The average Bonchev–Trinajstić information content (AvgIpc) is 3.91. The Morgan fingerprint density at radius 2 is 1.64 bits per heavy atom. The van der Waals surface area contributed by atoms with Gasteiger partial charge in [0.15, 0.2) is 12.2 Å². The van der Waals surface area contributed by atoms with Gasteiger partial charge in [0.25, 0.3) is 5.91 Å². The zero-order chi connectivity index (χ0) is 48.7. The summed E-state index contributed by atoms with van der Waals surface area (Å²) >= 11 is 6.23. The number of benzene rings is 3. The number of nitriles is 1. The number of amides is 4. The molecular formula is C51H63ClN6O9. The first-order valence-corrected chi connectivity index (χ1v) is 23.1. The maximum atomic E-state index is 14.0. The van der Waals surface area contributed by atoms with Crippen molar-refractivity contribution < 1.29 is 42.9 Å². The zero-order valence-corrected chi connectivity index (χ0v) is 40.4. The van der Waals surface area contributed by atoms with Gasteiger partial charge in [-0.25, -0.2) is 4.98 Å². The van der Waals surface area contributed by atoms with E-state index in [0.717, 1.165) is 29.7 Å². The molecule has 3 aromatic carbocycles. The molecule has 4 amide bonds. The van der Waals surface area contributed by atoms with Gasteiger partial charge in [0.2, 0.25) is 17.7 Å². The van der Waals surface area contributed by atoms with Gasteiger partial charge >= 0.3 is 0 Å². The molecule has 2 fully saturated rings. The Morgan fingerprint density at radius 3 is 2.27 bits per heavy atom. The van der Waals surface area contributed by atoms with Crippen molar-refractivity contribution in [1.82, 2.24) is 25.8 Å². The molecule has 2 aliphatic rings. The molecule has 0 spiro atoms. The number of rotatable bonds is 19. The van der Waals surface area contributed by atoms with Crippen molar-refractivity contribution in [3.63, 3.8) is 0 Å². The van der Waals surface area contributed by atoms with Crippen LogP contribution in [0.1, 0.15) is 101 Å². The number of nitrogens with one attached hydrogen (secondary N) is 3. The van der Waals surface area contributed by atoms with E-state index in [2.05, 4.69) is 54.7 Å². The molecule has 67 heavy (non-hydrogen) atoms. The molecule has 4 N–H and O–H groups in total. The van der Waals surface area contributed by atoms with Gasteiger partial charge in [-0.05, 0) is 73.6 Å². The number of aromatic nitrogens is 1. The predicted molar refractivity (Wildman–Crippen MR) is 252 cm³/mol. The van der Waals surface area contributed by atoms with E-state index in [0.29, 0.717) is 53.0 Å². The summed E-state index contributed by atoms with van der Waals surface area (Å²) < 4.78 is 23.4. The second kappa shape index (κ2) is 21.3. The van der Waals surface area contributed by atoms with Crippen LogP contribution in [-0.4, -0.2) is 95.3 Å². The minimum absolute atomic E-state index is 0.0246. The highest BCUT2D eigenvalue weighted by atomic mass is 35.5. The molecule has 2 heterocycles. The maximum Gasteiger partial charge on any atom is 0.251 e. The molecule has 0 unspecified atom stereocenters. The third-order valence-electron chi connectivity index (χ3n) is 12.7. The summed E-state index contributed by atoms with van der Waals surface area (Å²) in [5.41, 5.74) is 1.90. The van der Waals surface area contributed by atoms with Crippen LogP contribution in [0.3, 0.4) is 0 Å². The van der Waals surface area contributed by atoms with Crippen LogP contribution < -0.4 is 25.4 Å². The number of oxazole rings is 1. The number of ether oxygens (including phenoxy) is 3. The molecule has 0 radical (unpaired) electrons. The number of likely N-dealkylation sites (tertiary alicyclic amines) is 1. The molecule has 3 atom stereocenters. The van der Waals surface area contributed by atoms with Gasteiger partial charge < -0.3 is 44.6 Å². The number of nitrogens with zero attached hydrogens (tertiary/aromatic N) is 3. The lowest BCUT2D eigenvalue weighted by atomic mass is 9.49. The first-order valence-electron chi connectivity index (χ1n) is 22.7. The number of carbonyl (C=O) groups excluding carboxylic acids is 4. The highest BCUT2D eigenvalue weighted by molar-refractivity contribution is 6.31. The Morgan fingerprint density at radius 1 is 0.970 bits per heavy atom. The van der Waals surface area contributed by atoms with Crippen LogP contribution in [0.2, 0.25) is 5.02 Å². The van der Waals surface area contributed by atoms with Gasteiger partial charge in [-0.1, -0.05) is 84.3 Å². The second-order valence-electron chi connectivity index (χ2n) is 19.7. The molecule has 1 aromatic heterocycles. The third kappa shape index (κ3) is 12.2. The normalized spacial score (nSPS) is 19.9. The highest BCUT2D eigenvalue weighted by Gasteiger charge is 2.64. The minimum Gasteiger partial charge on any atom is -0.494 e. The van der Waals surface area contributed by atoms with Crippen LogP contribution in [0, 0.1) is 34.5 Å². The number of β-amino-alcohol motifs (C(OH)–C–C–N with tert-alkyl or cyclic N) is 1. The van der Waals surface area contributed by atoms with Crippen molar-refractivity contribution in [2.45, 2.75) is 118 Å². The molecular weight excluding hydrogens is 876 g/mol. The Bertz CT molecular complexity index is 2410. The molecule has 1 saturated carbocycles. The van der Waals surface area contributed by atoms with Crippen LogP contribution in [0.4, 0.5) is 0 Å². The predicted octanol–water partition coefficient (Wildman–Crippen LogP) is 7.16. The van der Waals surface area contributed by atoms with Crippen molar-refractivity contribution in [3.8, 4) is 28.9 Å². The molecule has 1 saturated heterocycles.